The van der Waals surface area contributed by atoms with Crippen LogP contribution in [0.15, 0.2) is 36.4 Å². The standard InChI is InChI=1S/C16H20ClNO3/c1-16(2,3)21-15(19)18(20)14-6-4-5-13(14)11-7-9-12(17)10-8-11/h4-5,7-10,13-14,20H,6H2,1-3H3/t13-,14-/m0/s1. The summed E-state index contributed by atoms with van der Waals surface area (Å²) >= 11 is 5.89. The van der Waals surface area contributed by atoms with E-state index in [0.29, 0.717) is 16.5 Å². The van der Waals surface area contributed by atoms with Crippen LogP contribution in [0.1, 0.15) is 38.7 Å². The number of hydroxylamine groups is 2. The number of benzene rings is 1. The molecule has 0 heterocycles. The zero-order valence-corrected chi connectivity index (χ0v) is 13.2. The van der Waals surface area contributed by atoms with Gasteiger partial charge in [-0.25, -0.2) is 4.79 Å². The van der Waals surface area contributed by atoms with E-state index >= 15 is 0 Å². The number of rotatable bonds is 2. The first kappa shape index (κ1) is 15.9. The molecule has 114 valence electrons. The fourth-order valence-electron chi connectivity index (χ4n) is 2.35. The Morgan fingerprint density at radius 1 is 1.33 bits per heavy atom. The summed E-state index contributed by atoms with van der Waals surface area (Å²) in [5.74, 6) is -0.0696. The Balaban J connectivity index is 2.12. The molecule has 0 bridgehead atoms. The van der Waals surface area contributed by atoms with Crippen LogP contribution in [-0.2, 0) is 4.74 Å². The van der Waals surface area contributed by atoms with Crippen molar-refractivity contribution in [3.05, 3.63) is 47.0 Å². The Hall–Kier alpha value is -1.52. The fourth-order valence-corrected chi connectivity index (χ4v) is 2.48. The average molecular weight is 310 g/mol. The topological polar surface area (TPSA) is 49.8 Å². The molecule has 5 heteroatoms. The van der Waals surface area contributed by atoms with Crippen molar-refractivity contribution in [1.29, 1.82) is 0 Å². The molecule has 0 spiro atoms. The lowest BCUT2D eigenvalue weighted by atomic mass is 9.94. The summed E-state index contributed by atoms with van der Waals surface area (Å²) in [6.45, 7) is 5.30. The molecule has 21 heavy (non-hydrogen) atoms. The number of hydrogen-bond donors (Lipinski definition) is 1. The number of halogens is 1. The van der Waals surface area contributed by atoms with Crippen molar-refractivity contribution in [3.63, 3.8) is 0 Å². The Kier molecular flexibility index (Phi) is 4.59. The summed E-state index contributed by atoms with van der Waals surface area (Å²) in [4.78, 5) is 12.0. The highest BCUT2D eigenvalue weighted by Gasteiger charge is 2.34. The normalized spacial score (nSPS) is 21.4. The molecule has 1 aliphatic rings. The van der Waals surface area contributed by atoms with Gasteiger partial charge in [0.25, 0.3) is 0 Å². The summed E-state index contributed by atoms with van der Waals surface area (Å²) in [7, 11) is 0. The number of carbonyl (C=O) groups is 1. The smallest absolute Gasteiger partial charge is 0.434 e. The van der Waals surface area contributed by atoms with Gasteiger partial charge in [-0.1, -0.05) is 35.9 Å². The second kappa shape index (κ2) is 6.08. The van der Waals surface area contributed by atoms with Crippen molar-refractivity contribution in [2.45, 2.75) is 44.8 Å². The number of carbonyl (C=O) groups excluding carboxylic acids is 1. The molecule has 1 aromatic rings. The van der Waals surface area contributed by atoms with Crippen LogP contribution in [0.4, 0.5) is 4.79 Å². The highest BCUT2D eigenvalue weighted by Crippen LogP contribution is 2.33. The lowest BCUT2D eigenvalue weighted by molar-refractivity contribution is -0.120. The van der Waals surface area contributed by atoms with E-state index in [4.69, 9.17) is 16.3 Å². The van der Waals surface area contributed by atoms with Gasteiger partial charge < -0.3 is 4.74 Å². The third-order valence-corrected chi connectivity index (χ3v) is 3.54. The zero-order chi connectivity index (χ0) is 15.6. The quantitative estimate of drug-likeness (QED) is 0.501. The highest BCUT2D eigenvalue weighted by molar-refractivity contribution is 6.30. The van der Waals surface area contributed by atoms with Crippen molar-refractivity contribution in [2.24, 2.45) is 0 Å². The van der Waals surface area contributed by atoms with E-state index in [-0.39, 0.29) is 12.0 Å². The minimum absolute atomic E-state index is 0.0696. The molecule has 0 aliphatic heterocycles. The van der Waals surface area contributed by atoms with Gasteiger partial charge in [-0.3, -0.25) is 5.21 Å². The van der Waals surface area contributed by atoms with Crippen molar-refractivity contribution in [1.82, 2.24) is 5.06 Å². The first-order valence-corrected chi connectivity index (χ1v) is 7.29. The summed E-state index contributed by atoms with van der Waals surface area (Å²) in [5.41, 5.74) is 0.362. The van der Waals surface area contributed by atoms with Gasteiger partial charge in [0.2, 0.25) is 0 Å². The van der Waals surface area contributed by atoms with Crippen LogP contribution in [0, 0.1) is 0 Å². The average Bonchev–Trinajstić information content (AvgIpc) is 2.85. The predicted molar refractivity (Wildman–Crippen MR) is 81.6 cm³/mol. The lowest BCUT2D eigenvalue weighted by Crippen LogP contribution is -2.42. The molecule has 1 aromatic carbocycles. The Bertz CT molecular complexity index is 533. The van der Waals surface area contributed by atoms with Gasteiger partial charge in [-0.15, -0.1) is 0 Å². The fraction of sp³-hybridized carbons (Fsp3) is 0.438. The Morgan fingerprint density at radius 3 is 2.52 bits per heavy atom. The maximum absolute atomic E-state index is 12.0. The lowest BCUT2D eigenvalue weighted by Gasteiger charge is -2.30. The van der Waals surface area contributed by atoms with E-state index in [1.807, 2.05) is 24.3 Å². The van der Waals surface area contributed by atoms with Crippen molar-refractivity contribution < 1.29 is 14.7 Å². The molecule has 1 amide bonds. The highest BCUT2D eigenvalue weighted by atomic mass is 35.5. The molecular weight excluding hydrogens is 290 g/mol. The summed E-state index contributed by atoms with van der Waals surface area (Å²) in [6, 6.07) is 7.04. The maximum atomic E-state index is 12.0. The second-order valence-corrected chi connectivity index (χ2v) is 6.57. The van der Waals surface area contributed by atoms with E-state index < -0.39 is 11.7 Å². The third kappa shape index (κ3) is 3.99. The maximum Gasteiger partial charge on any atom is 0.434 e. The number of nitrogens with zero attached hydrogens (tertiary/aromatic N) is 1. The van der Waals surface area contributed by atoms with Crippen LogP contribution in [0.2, 0.25) is 5.02 Å². The molecule has 0 fully saturated rings. The van der Waals surface area contributed by atoms with Crippen LogP contribution in [0.25, 0.3) is 0 Å². The van der Waals surface area contributed by atoms with Crippen molar-refractivity contribution in [3.8, 4) is 0 Å². The van der Waals surface area contributed by atoms with Crippen LogP contribution < -0.4 is 0 Å². The molecule has 0 aromatic heterocycles. The number of hydrogen-bond acceptors (Lipinski definition) is 3. The van der Waals surface area contributed by atoms with Crippen LogP contribution in [-0.4, -0.2) is 28.0 Å². The van der Waals surface area contributed by atoms with Crippen molar-refractivity contribution in [2.75, 3.05) is 0 Å². The van der Waals surface area contributed by atoms with Gasteiger partial charge in [0.05, 0.1) is 6.04 Å². The van der Waals surface area contributed by atoms with Crippen LogP contribution in [0.3, 0.4) is 0 Å². The molecule has 1 N–H and O–H groups in total. The van der Waals surface area contributed by atoms with E-state index in [9.17, 15) is 10.0 Å². The number of ether oxygens (including phenoxy) is 1. The van der Waals surface area contributed by atoms with Gasteiger partial charge in [-0.05, 0) is 44.9 Å². The largest absolute Gasteiger partial charge is 0.442 e. The van der Waals surface area contributed by atoms with Crippen molar-refractivity contribution >= 4 is 17.7 Å². The molecule has 0 radical (unpaired) electrons. The van der Waals surface area contributed by atoms with Gasteiger partial charge >= 0.3 is 6.09 Å². The van der Waals surface area contributed by atoms with Gasteiger partial charge in [-0.2, -0.15) is 5.06 Å². The van der Waals surface area contributed by atoms with Crippen LogP contribution >= 0.6 is 11.6 Å². The molecule has 4 nitrogen and oxygen atoms in total. The summed E-state index contributed by atoms with van der Waals surface area (Å²) in [5, 5.41) is 11.5. The molecule has 2 atom stereocenters. The van der Waals surface area contributed by atoms with Gasteiger partial charge in [0, 0.05) is 10.9 Å². The first-order chi connectivity index (χ1) is 9.78. The van der Waals surface area contributed by atoms with E-state index in [1.54, 1.807) is 32.9 Å². The Morgan fingerprint density at radius 2 is 1.95 bits per heavy atom. The number of amides is 1. The third-order valence-electron chi connectivity index (χ3n) is 3.29. The monoisotopic (exact) mass is 309 g/mol. The SMILES string of the molecule is CC(C)(C)OC(=O)N(O)[C@H]1CC=C[C@H]1c1ccc(Cl)cc1. The molecule has 0 unspecified atom stereocenters. The minimum Gasteiger partial charge on any atom is -0.442 e. The Labute approximate surface area is 129 Å². The molecule has 0 saturated heterocycles. The molecule has 0 saturated carbocycles. The van der Waals surface area contributed by atoms with E-state index in [2.05, 4.69) is 0 Å². The first-order valence-electron chi connectivity index (χ1n) is 6.91. The molecular formula is C16H20ClNO3. The van der Waals surface area contributed by atoms with Gasteiger partial charge in [0.1, 0.15) is 5.60 Å². The summed E-state index contributed by atoms with van der Waals surface area (Å²) in [6.07, 6.45) is 3.80. The molecule has 2 rings (SSSR count). The molecule has 1 aliphatic carbocycles. The minimum atomic E-state index is -0.727. The van der Waals surface area contributed by atoms with E-state index in [0.717, 1.165) is 5.56 Å². The van der Waals surface area contributed by atoms with Gasteiger partial charge in [0.15, 0.2) is 0 Å². The van der Waals surface area contributed by atoms with E-state index in [1.165, 1.54) is 0 Å². The van der Waals surface area contributed by atoms with Crippen LogP contribution in [0.5, 0.6) is 0 Å². The summed E-state index contributed by atoms with van der Waals surface area (Å²) < 4.78 is 5.20. The zero-order valence-electron chi connectivity index (χ0n) is 12.4. The second-order valence-electron chi connectivity index (χ2n) is 6.13. The predicted octanol–water partition coefficient (Wildman–Crippen LogP) is 4.38.